The highest BCUT2D eigenvalue weighted by atomic mass is 19.1. The second-order valence-electron chi connectivity index (χ2n) is 5.99. The van der Waals surface area contributed by atoms with E-state index < -0.39 is 11.7 Å². The fourth-order valence-electron chi connectivity index (χ4n) is 3.09. The van der Waals surface area contributed by atoms with E-state index in [1.54, 1.807) is 17.0 Å². The Bertz CT molecular complexity index is 777. The molecule has 1 heterocycles. The van der Waals surface area contributed by atoms with Crippen molar-refractivity contribution in [1.29, 1.82) is 0 Å². The Morgan fingerprint density at radius 3 is 2.56 bits per heavy atom. The molecule has 2 aromatic carbocycles. The molecule has 0 aliphatic carbocycles. The number of rotatable bonds is 4. The summed E-state index contributed by atoms with van der Waals surface area (Å²) < 4.78 is 26.2. The Kier molecular flexibility index (Phi) is 5.07. The van der Waals surface area contributed by atoms with Crippen LogP contribution < -0.4 is 5.32 Å². The van der Waals surface area contributed by atoms with E-state index in [9.17, 15) is 18.4 Å². The molecule has 4 nitrogen and oxygen atoms in total. The first-order valence-electron chi connectivity index (χ1n) is 8.13. The van der Waals surface area contributed by atoms with Crippen molar-refractivity contribution in [3.05, 3.63) is 71.3 Å². The molecule has 25 heavy (non-hydrogen) atoms. The number of carbonyl (C=O) groups excluding carboxylic acids is 2. The maximum absolute atomic E-state index is 13.2. The van der Waals surface area contributed by atoms with Gasteiger partial charge >= 0.3 is 0 Å². The number of halogens is 2. The fourth-order valence-corrected chi connectivity index (χ4v) is 3.09. The first-order valence-corrected chi connectivity index (χ1v) is 8.13. The van der Waals surface area contributed by atoms with Gasteiger partial charge in [-0.05, 0) is 48.7 Å². The summed E-state index contributed by atoms with van der Waals surface area (Å²) in [6.07, 6.45) is 1.65. The van der Waals surface area contributed by atoms with Gasteiger partial charge in [0.05, 0.1) is 12.6 Å². The molecular weight excluding hydrogens is 326 g/mol. The van der Waals surface area contributed by atoms with Gasteiger partial charge in [-0.2, -0.15) is 0 Å². The zero-order valence-electron chi connectivity index (χ0n) is 13.5. The third kappa shape index (κ3) is 4.02. The van der Waals surface area contributed by atoms with Crippen molar-refractivity contribution in [3.63, 3.8) is 0 Å². The second-order valence-corrected chi connectivity index (χ2v) is 5.99. The number of amides is 2. The predicted octanol–water partition coefficient (Wildman–Crippen LogP) is 3.06. The first-order chi connectivity index (χ1) is 12.0. The average molecular weight is 344 g/mol. The van der Waals surface area contributed by atoms with Gasteiger partial charge in [0.15, 0.2) is 0 Å². The standard InChI is InChI=1S/C19H18F2N2O2/c20-15-8-6-13(7-9-15)17-5-2-10-23(17)18(24)12-22-19(25)14-3-1-4-16(21)11-14/h1,3-4,6-9,11,17H,2,5,10,12H2,(H,22,25). The van der Waals surface area contributed by atoms with Crippen molar-refractivity contribution in [2.24, 2.45) is 0 Å². The number of nitrogens with zero attached hydrogens (tertiary/aromatic N) is 1. The van der Waals surface area contributed by atoms with E-state index in [1.807, 2.05) is 0 Å². The van der Waals surface area contributed by atoms with Crippen molar-refractivity contribution in [1.82, 2.24) is 10.2 Å². The SMILES string of the molecule is O=C(NCC(=O)N1CCCC1c1ccc(F)cc1)c1cccc(F)c1. The minimum absolute atomic E-state index is 0.112. The van der Waals surface area contributed by atoms with Gasteiger partial charge in [-0.1, -0.05) is 18.2 Å². The predicted molar refractivity (Wildman–Crippen MR) is 88.8 cm³/mol. The Balaban J connectivity index is 1.62. The molecule has 0 bridgehead atoms. The summed E-state index contributed by atoms with van der Waals surface area (Å²) in [5.41, 5.74) is 1.05. The van der Waals surface area contributed by atoms with Gasteiger partial charge in [-0.25, -0.2) is 8.78 Å². The summed E-state index contributed by atoms with van der Waals surface area (Å²) in [5, 5.41) is 2.53. The molecule has 0 aromatic heterocycles. The Morgan fingerprint density at radius 1 is 1.08 bits per heavy atom. The number of hydrogen-bond donors (Lipinski definition) is 1. The van der Waals surface area contributed by atoms with Gasteiger partial charge in [0, 0.05) is 12.1 Å². The lowest BCUT2D eigenvalue weighted by atomic mass is 10.0. The summed E-state index contributed by atoms with van der Waals surface area (Å²) in [6.45, 7) is 0.434. The molecule has 3 rings (SSSR count). The lowest BCUT2D eigenvalue weighted by molar-refractivity contribution is -0.131. The van der Waals surface area contributed by atoms with Crippen molar-refractivity contribution in [2.45, 2.75) is 18.9 Å². The van der Waals surface area contributed by atoms with Crippen LogP contribution in [0.4, 0.5) is 8.78 Å². The van der Waals surface area contributed by atoms with E-state index in [-0.39, 0.29) is 29.9 Å². The maximum Gasteiger partial charge on any atom is 0.251 e. The molecule has 1 saturated heterocycles. The summed E-state index contributed by atoms with van der Waals surface area (Å²) in [4.78, 5) is 26.2. The van der Waals surface area contributed by atoms with Crippen molar-refractivity contribution < 1.29 is 18.4 Å². The zero-order chi connectivity index (χ0) is 17.8. The van der Waals surface area contributed by atoms with Crippen LogP contribution in [0.15, 0.2) is 48.5 Å². The van der Waals surface area contributed by atoms with Gasteiger partial charge in [-0.15, -0.1) is 0 Å². The highest BCUT2D eigenvalue weighted by molar-refractivity contribution is 5.96. The van der Waals surface area contributed by atoms with Gasteiger partial charge in [0.1, 0.15) is 11.6 Å². The molecule has 0 radical (unpaired) electrons. The Morgan fingerprint density at radius 2 is 1.84 bits per heavy atom. The normalized spacial score (nSPS) is 16.7. The summed E-state index contributed by atoms with van der Waals surface area (Å²) in [6, 6.07) is 11.3. The van der Waals surface area contributed by atoms with E-state index in [0.29, 0.717) is 6.54 Å². The minimum Gasteiger partial charge on any atom is -0.343 e. The van der Waals surface area contributed by atoms with Crippen LogP contribution in [0.3, 0.4) is 0 Å². The van der Waals surface area contributed by atoms with Crippen LogP contribution in [-0.2, 0) is 4.79 Å². The molecule has 1 aliphatic rings. The highest BCUT2D eigenvalue weighted by Crippen LogP contribution is 2.31. The molecule has 1 aliphatic heterocycles. The molecule has 0 saturated carbocycles. The molecular formula is C19H18F2N2O2. The van der Waals surface area contributed by atoms with Gasteiger partial charge in [0.25, 0.3) is 5.91 Å². The molecule has 1 unspecified atom stereocenters. The van der Waals surface area contributed by atoms with Gasteiger partial charge in [-0.3, -0.25) is 9.59 Å². The fraction of sp³-hybridized carbons (Fsp3) is 0.263. The molecule has 2 aromatic rings. The van der Waals surface area contributed by atoms with Gasteiger partial charge < -0.3 is 10.2 Å². The molecule has 1 fully saturated rings. The maximum atomic E-state index is 13.2. The summed E-state index contributed by atoms with van der Waals surface area (Å²) >= 11 is 0. The quantitative estimate of drug-likeness (QED) is 0.927. The second kappa shape index (κ2) is 7.42. The van der Waals surface area contributed by atoms with Crippen LogP contribution in [0, 0.1) is 11.6 Å². The number of hydrogen-bond acceptors (Lipinski definition) is 2. The lowest BCUT2D eigenvalue weighted by Crippen LogP contribution is -2.39. The van der Waals surface area contributed by atoms with Crippen LogP contribution in [0.1, 0.15) is 34.8 Å². The van der Waals surface area contributed by atoms with Crippen molar-refractivity contribution in [2.75, 3.05) is 13.1 Å². The smallest absolute Gasteiger partial charge is 0.251 e. The third-order valence-electron chi connectivity index (χ3n) is 4.31. The van der Waals surface area contributed by atoms with Crippen molar-refractivity contribution in [3.8, 4) is 0 Å². The molecule has 1 atom stereocenters. The van der Waals surface area contributed by atoms with E-state index in [2.05, 4.69) is 5.32 Å². The van der Waals surface area contributed by atoms with E-state index in [0.717, 1.165) is 24.5 Å². The molecule has 1 N–H and O–H groups in total. The molecule has 2 amide bonds. The topological polar surface area (TPSA) is 49.4 Å². The Labute approximate surface area is 144 Å². The third-order valence-corrected chi connectivity index (χ3v) is 4.31. The zero-order valence-corrected chi connectivity index (χ0v) is 13.5. The Hall–Kier alpha value is -2.76. The average Bonchev–Trinajstić information content (AvgIpc) is 3.10. The number of likely N-dealkylation sites (tertiary alicyclic amines) is 1. The highest BCUT2D eigenvalue weighted by Gasteiger charge is 2.29. The summed E-state index contributed by atoms with van der Waals surface area (Å²) in [5.74, 6) is -1.53. The van der Waals surface area contributed by atoms with E-state index >= 15 is 0 Å². The van der Waals surface area contributed by atoms with Crippen LogP contribution in [0.5, 0.6) is 0 Å². The molecule has 6 heteroatoms. The summed E-state index contributed by atoms with van der Waals surface area (Å²) in [7, 11) is 0. The molecule has 130 valence electrons. The lowest BCUT2D eigenvalue weighted by Gasteiger charge is -2.25. The number of carbonyl (C=O) groups is 2. The minimum atomic E-state index is -0.505. The van der Waals surface area contributed by atoms with Crippen molar-refractivity contribution >= 4 is 11.8 Å². The monoisotopic (exact) mass is 344 g/mol. The first kappa shape index (κ1) is 17.1. The number of nitrogens with one attached hydrogen (secondary N) is 1. The van der Waals surface area contributed by atoms with Gasteiger partial charge in [0.2, 0.25) is 5.91 Å². The van der Waals surface area contributed by atoms with E-state index in [1.165, 1.54) is 30.3 Å². The molecule has 0 spiro atoms. The van der Waals surface area contributed by atoms with Crippen LogP contribution in [0.2, 0.25) is 0 Å². The largest absolute Gasteiger partial charge is 0.343 e. The van der Waals surface area contributed by atoms with Crippen LogP contribution in [-0.4, -0.2) is 29.8 Å². The van der Waals surface area contributed by atoms with Crippen LogP contribution in [0.25, 0.3) is 0 Å². The van der Waals surface area contributed by atoms with Crippen LogP contribution >= 0.6 is 0 Å². The van der Waals surface area contributed by atoms with E-state index in [4.69, 9.17) is 0 Å². The number of benzene rings is 2.